The van der Waals surface area contributed by atoms with Crippen LogP contribution < -0.4 is 14.8 Å². The minimum Gasteiger partial charge on any atom is -0.493 e. The van der Waals surface area contributed by atoms with Crippen LogP contribution in [-0.2, 0) is 20.9 Å². The van der Waals surface area contributed by atoms with E-state index in [4.69, 9.17) is 14.2 Å². The number of imide groups is 1. The van der Waals surface area contributed by atoms with Gasteiger partial charge in [-0.15, -0.1) is 0 Å². The fourth-order valence-electron chi connectivity index (χ4n) is 2.98. The van der Waals surface area contributed by atoms with Crippen LogP contribution in [0.3, 0.4) is 0 Å². The van der Waals surface area contributed by atoms with Gasteiger partial charge < -0.3 is 19.5 Å². The van der Waals surface area contributed by atoms with E-state index in [-0.39, 0.29) is 36.8 Å². The maximum absolute atomic E-state index is 13.9. The summed E-state index contributed by atoms with van der Waals surface area (Å²) in [4.78, 5) is 37.5. The molecule has 0 atom stereocenters. The van der Waals surface area contributed by atoms with Crippen molar-refractivity contribution in [1.82, 2.24) is 10.2 Å². The SMILES string of the molecule is CCOC(=O)COc1c(Br)cc(/C=C2/NC(=O)N(Cc3ccccc3F)C2=O)cc1OC. The van der Waals surface area contributed by atoms with Gasteiger partial charge in [-0.1, -0.05) is 18.2 Å². The van der Waals surface area contributed by atoms with Crippen LogP contribution in [0.5, 0.6) is 11.5 Å². The molecule has 1 fully saturated rings. The number of ether oxygens (including phenoxy) is 3. The Kier molecular flexibility index (Phi) is 7.47. The predicted octanol–water partition coefficient (Wildman–Crippen LogP) is 3.63. The Morgan fingerprint density at radius 1 is 1.25 bits per heavy atom. The van der Waals surface area contributed by atoms with E-state index < -0.39 is 23.7 Å². The van der Waals surface area contributed by atoms with Crippen molar-refractivity contribution in [2.24, 2.45) is 0 Å². The topological polar surface area (TPSA) is 94.2 Å². The summed E-state index contributed by atoms with van der Waals surface area (Å²) in [6.45, 7) is 1.43. The average molecular weight is 507 g/mol. The largest absolute Gasteiger partial charge is 0.493 e. The second-order valence-electron chi connectivity index (χ2n) is 6.60. The number of nitrogens with zero attached hydrogens (tertiary/aromatic N) is 1. The van der Waals surface area contributed by atoms with E-state index in [9.17, 15) is 18.8 Å². The fourth-order valence-corrected chi connectivity index (χ4v) is 3.55. The number of hydrogen-bond donors (Lipinski definition) is 1. The number of carbonyl (C=O) groups excluding carboxylic acids is 3. The van der Waals surface area contributed by atoms with Crippen molar-refractivity contribution in [1.29, 1.82) is 0 Å². The Hall–Kier alpha value is -3.40. The van der Waals surface area contributed by atoms with Gasteiger partial charge in [-0.05, 0) is 52.7 Å². The zero-order valence-corrected chi connectivity index (χ0v) is 18.9. The number of amides is 3. The highest BCUT2D eigenvalue weighted by molar-refractivity contribution is 9.10. The molecule has 0 radical (unpaired) electrons. The third-order valence-electron chi connectivity index (χ3n) is 4.45. The van der Waals surface area contributed by atoms with E-state index in [1.807, 2.05) is 0 Å². The molecular formula is C22H20BrFN2O6. The minimum absolute atomic E-state index is 0.0282. The van der Waals surface area contributed by atoms with E-state index in [0.29, 0.717) is 15.8 Å². The van der Waals surface area contributed by atoms with Crippen molar-refractivity contribution in [3.8, 4) is 11.5 Å². The van der Waals surface area contributed by atoms with Gasteiger partial charge in [0.15, 0.2) is 18.1 Å². The van der Waals surface area contributed by atoms with Gasteiger partial charge in [-0.25, -0.2) is 14.0 Å². The molecule has 0 bridgehead atoms. The normalized spacial score (nSPS) is 14.5. The van der Waals surface area contributed by atoms with Gasteiger partial charge >= 0.3 is 12.0 Å². The molecule has 1 N–H and O–H groups in total. The molecule has 8 nitrogen and oxygen atoms in total. The summed E-state index contributed by atoms with van der Waals surface area (Å²) in [5.74, 6) is -1.03. The predicted molar refractivity (Wildman–Crippen MR) is 116 cm³/mol. The molecule has 2 aromatic carbocycles. The molecule has 32 heavy (non-hydrogen) atoms. The summed E-state index contributed by atoms with van der Waals surface area (Å²) in [7, 11) is 1.43. The zero-order chi connectivity index (χ0) is 23.3. The van der Waals surface area contributed by atoms with Crippen LogP contribution in [0.1, 0.15) is 18.1 Å². The summed E-state index contributed by atoms with van der Waals surface area (Å²) in [6, 6.07) is 8.50. The van der Waals surface area contributed by atoms with E-state index in [2.05, 4.69) is 21.2 Å². The Morgan fingerprint density at radius 2 is 2.00 bits per heavy atom. The first-order valence-corrected chi connectivity index (χ1v) is 10.4. The molecule has 3 amide bonds. The summed E-state index contributed by atoms with van der Waals surface area (Å²) >= 11 is 3.36. The van der Waals surface area contributed by atoms with E-state index in [1.165, 1.54) is 31.4 Å². The van der Waals surface area contributed by atoms with Crippen molar-refractivity contribution in [2.75, 3.05) is 20.3 Å². The number of carbonyl (C=O) groups is 3. The molecule has 0 spiro atoms. The van der Waals surface area contributed by atoms with Gasteiger partial charge in [-0.3, -0.25) is 9.69 Å². The maximum atomic E-state index is 13.9. The number of methoxy groups -OCH3 is 1. The lowest BCUT2D eigenvalue weighted by Crippen LogP contribution is -2.30. The quantitative estimate of drug-likeness (QED) is 0.333. The molecule has 1 aliphatic rings. The lowest BCUT2D eigenvalue weighted by molar-refractivity contribution is -0.145. The van der Waals surface area contributed by atoms with Crippen molar-refractivity contribution < 1.29 is 33.0 Å². The third kappa shape index (κ3) is 5.25. The van der Waals surface area contributed by atoms with Crippen LogP contribution >= 0.6 is 15.9 Å². The molecule has 2 aromatic rings. The Balaban J connectivity index is 1.81. The van der Waals surface area contributed by atoms with Gasteiger partial charge in [0.1, 0.15) is 11.5 Å². The van der Waals surface area contributed by atoms with Crippen molar-refractivity contribution in [3.63, 3.8) is 0 Å². The van der Waals surface area contributed by atoms with E-state index in [0.717, 1.165) is 4.90 Å². The molecule has 0 aromatic heterocycles. The first-order chi connectivity index (χ1) is 15.3. The van der Waals surface area contributed by atoms with Crippen LogP contribution in [0, 0.1) is 5.82 Å². The summed E-state index contributed by atoms with van der Waals surface area (Å²) in [6.07, 6.45) is 1.46. The summed E-state index contributed by atoms with van der Waals surface area (Å²) < 4.78 is 30.0. The first-order valence-electron chi connectivity index (χ1n) is 9.58. The number of halogens is 2. The molecule has 1 aliphatic heterocycles. The zero-order valence-electron chi connectivity index (χ0n) is 17.3. The van der Waals surface area contributed by atoms with Crippen LogP contribution in [0.4, 0.5) is 9.18 Å². The minimum atomic E-state index is -0.648. The summed E-state index contributed by atoms with van der Waals surface area (Å²) in [5.41, 5.74) is 0.777. The highest BCUT2D eigenvalue weighted by Gasteiger charge is 2.34. The number of hydrogen-bond acceptors (Lipinski definition) is 6. The summed E-state index contributed by atoms with van der Waals surface area (Å²) in [5, 5.41) is 2.50. The fraction of sp³-hybridized carbons (Fsp3) is 0.227. The molecular weight excluding hydrogens is 487 g/mol. The molecule has 3 rings (SSSR count). The highest BCUT2D eigenvalue weighted by atomic mass is 79.9. The Bertz CT molecular complexity index is 1090. The van der Waals surface area contributed by atoms with Gasteiger partial charge in [0.05, 0.1) is 24.7 Å². The van der Waals surface area contributed by atoms with Crippen LogP contribution in [0.25, 0.3) is 6.08 Å². The average Bonchev–Trinajstić information content (AvgIpc) is 3.01. The number of nitrogens with one attached hydrogen (secondary N) is 1. The van der Waals surface area contributed by atoms with Crippen molar-refractivity contribution >= 4 is 39.9 Å². The highest BCUT2D eigenvalue weighted by Crippen LogP contribution is 2.37. The van der Waals surface area contributed by atoms with Crippen LogP contribution in [0.15, 0.2) is 46.6 Å². The van der Waals surface area contributed by atoms with Crippen LogP contribution in [-0.4, -0.2) is 43.1 Å². The Labute approximate surface area is 192 Å². The van der Waals surface area contributed by atoms with Crippen LogP contribution in [0.2, 0.25) is 0 Å². The molecule has 0 saturated carbocycles. The van der Waals surface area contributed by atoms with Crippen molar-refractivity contribution in [3.05, 3.63) is 63.5 Å². The maximum Gasteiger partial charge on any atom is 0.344 e. The number of benzene rings is 2. The monoisotopic (exact) mass is 506 g/mol. The van der Waals surface area contributed by atoms with Gasteiger partial charge in [0, 0.05) is 5.56 Å². The molecule has 1 heterocycles. The molecule has 1 saturated heterocycles. The second-order valence-corrected chi connectivity index (χ2v) is 7.45. The molecule has 10 heteroatoms. The smallest absolute Gasteiger partial charge is 0.344 e. The number of urea groups is 1. The van der Waals surface area contributed by atoms with Crippen molar-refractivity contribution in [2.45, 2.75) is 13.5 Å². The lowest BCUT2D eigenvalue weighted by Gasteiger charge is -2.13. The molecule has 0 unspecified atom stereocenters. The van der Waals surface area contributed by atoms with Gasteiger partial charge in [0.25, 0.3) is 5.91 Å². The van der Waals surface area contributed by atoms with Gasteiger partial charge in [0.2, 0.25) is 0 Å². The van der Waals surface area contributed by atoms with E-state index >= 15 is 0 Å². The number of esters is 1. The lowest BCUT2D eigenvalue weighted by atomic mass is 10.1. The number of rotatable bonds is 8. The second kappa shape index (κ2) is 10.3. The third-order valence-corrected chi connectivity index (χ3v) is 5.04. The first kappa shape index (κ1) is 23.3. The van der Waals surface area contributed by atoms with E-state index in [1.54, 1.807) is 25.1 Å². The Morgan fingerprint density at radius 3 is 2.69 bits per heavy atom. The molecule has 0 aliphatic carbocycles. The molecule has 168 valence electrons. The standard InChI is InChI=1S/C22H20BrFN2O6/c1-3-31-19(27)12-32-20-15(23)8-13(10-18(20)30-2)9-17-21(28)26(22(29)25-17)11-14-6-4-5-7-16(14)24/h4-10H,3,11-12H2,1-2H3,(H,25,29)/b17-9+. The van der Waals surface area contributed by atoms with Gasteiger partial charge in [-0.2, -0.15) is 0 Å².